The number of hydrogen-bond acceptors (Lipinski definition) is 6. The average molecular weight is 426 g/mol. The van der Waals surface area contributed by atoms with Gasteiger partial charge in [0.05, 0.1) is 12.7 Å². The normalized spacial score (nSPS) is 11.2. The van der Waals surface area contributed by atoms with E-state index in [2.05, 4.69) is 35.3 Å². The van der Waals surface area contributed by atoms with E-state index in [4.69, 9.17) is 14.7 Å². The number of aromatic nitrogens is 3. The third-order valence-corrected chi connectivity index (χ3v) is 5.80. The summed E-state index contributed by atoms with van der Waals surface area (Å²) in [7, 11) is 1.56. The fourth-order valence-electron chi connectivity index (χ4n) is 3.76. The number of fused-ring (bicyclic) bond motifs is 3. The fourth-order valence-corrected chi connectivity index (χ4v) is 4.11. The number of methoxy groups -OCH3 is 1. The molecule has 4 aromatic carbocycles. The molecule has 0 bridgehead atoms. The molecule has 1 heterocycles. The van der Waals surface area contributed by atoms with Gasteiger partial charge in [-0.3, -0.25) is 0 Å². The predicted octanol–water partition coefficient (Wildman–Crippen LogP) is 5.95. The molecule has 152 valence electrons. The van der Waals surface area contributed by atoms with Gasteiger partial charge in [-0.1, -0.05) is 60.3 Å². The highest BCUT2D eigenvalue weighted by atomic mass is 32.2. The van der Waals surface area contributed by atoms with E-state index in [9.17, 15) is 5.11 Å². The molecular weight excluding hydrogens is 406 g/mol. The topological polar surface area (TPSA) is 68.1 Å². The lowest BCUT2D eigenvalue weighted by molar-refractivity contribution is 0.408. The Morgan fingerprint density at radius 1 is 0.742 bits per heavy atom. The summed E-state index contributed by atoms with van der Waals surface area (Å²) in [6, 6.07) is 23.8. The molecular formula is C25H19N3O2S. The van der Waals surface area contributed by atoms with Crippen LogP contribution < -0.4 is 4.74 Å². The molecule has 0 aliphatic rings. The van der Waals surface area contributed by atoms with Gasteiger partial charge in [0, 0.05) is 11.6 Å². The number of phenolic OH excluding ortho intramolecular Hbond substituents is 1. The van der Waals surface area contributed by atoms with E-state index in [0.717, 1.165) is 21.7 Å². The van der Waals surface area contributed by atoms with Crippen LogP contribution in [0.1, 0.15) is 0 Å². The smallest absolute Gasteiger partial charge is 0.191 e. The second-order valence-corrected chi connectivity index (χ2v) is 7.82. The Hall–Kier alpha value is -3.64. The van der Waals surface area contributed by atoms with Crippen molar-refractivity contribution in [1.82, 2.24) is 15.0 Å². The SMILES string of the molecule is COc1ccc(-c2nc(SC)nc(-c3cc4ccccc4c4ccccc34)n2)c(O)c1. The minimum atomic E-state index is 0.0620. The van der Waals surface area contributed by atoms with Crippen LogP contribution in [0, 0.1) is 0 Å². The number of benzene rings is 4. The van der Waals surface area contributed by atoms with Gasteiger partial charge >= 0.3 is 0 Å². The molecule has 1 N–H and O–H groups in total. The first kappa shape index (κ1) is 19.3. The summed E-state index contributed by atoms with van der Waals surface area (Å²) < 4.78 is 5.20. The highest BCUT2D eigenvalue weighted by Crippen LogP contribution is 2.36. The molecule has 0 amide bonds. The Bertz CT molecular complexity index is 1440. The minimum Gasteiger partial charge on any atom is -0.507 e. The maximum atomic E-state index is 10.5. The number of nitrogens with zero attached hydrogens (tertiary/aromatic N) is 3. The van der Waals surface area contributed by atoms with Crippen LogP contribution in [-0.2, 0) is 0 Å². The standard InChI is InChI=1S/C25H19N3O2S/c1-30-16-11-12-20(22(29)14-16)23-26-24(28-25(27-23)31-2)21-13-15-7-3-4-8-17(15)18-9-5-6-10-19(18)21/h3-14,29H,1-2H3. The van der Waals surface area contributed by atoms with Crippen LogP contribution in [0.4, 0.5) is 0 Å². The lowest BCUT2D eigenvalue weighted by Crippen LogP contribution is -2.00. The molecule has 5 aromatic rings. The summed E-state index contributed by atoms with van der Waals surface area (Å²) in [5.74, 6) is 1.63. The summed E-state index contributed by atoms with van der Waals surface area (Å²) in [5, 5.41) is 15.6. The van der Waals surface area contributed by atoms with E-state index in [-0.39, 0.29) is 5.75 Å². The molecule has 0 saturated carbocycles. The summed E-state index contributed by atoms with van der Waals surface area (Å²) in [5.41, 5.74) is 1.46. The molecule has 0 saturated heterocycles. The molecule has 0 unspecified atom stereocenters. The van der Waals surface area contributed by atoms with Crippen LogP contribution in [0.5, 0.6) is 11.5 Å². The fraction of sp³-hybridized carbons (Fsp3) is 0.0800. The van der Waals surface area contributed by atoms with Crippen molar-refractivity contribution in [3.05, 3.63) is 72.8 Å². The van der Waals surface area contributed by atoms with Gasteiger partial charge in [-0.15, -0.1) is 0 Å². The maximum Gasteiger partial charge on any atom is 0.191 e. The van der Waals surface area contributed by atoms with Crippen LogP contribution in [0.3, 0.4) is 0 Å². The second kappa shape index (κ2) is 7.89. The van der Waals surface area contributed by atoms with Crippen molar-refractivity contribution in [2.45, 2.75) is 5.16 Å². The van der Waals surface area contributed by atoms with Crippen molar-refractivity contribution in [2.75, 3.05) is 13.4 Å². The van der Waals surface area contributed by atoms with E-state index in [1.165, 1.54) is 17.1 Å². The average Bonchev–Trinajstić information content (AvgIpc) is 2.83. The van der Waals surface area contributed by atoms with Crippen LogP contribution >= 0.6 is 11.8 Å². The third kappa shape index (κ3) is 3.45. The van der Waals surface area contributed by atoms with Gasteiger partial charge in [0.2, 0.25) is 0 Å². The van der Waals surface area contributed by atoms with Gasteiger partial charge in [-0.2, -0.15) is 0 Å². The van der Waals surface area contributed by atoms with E-state index >= 15 is 0 Å². The Morgan fingerprint density at radius 3 is 2.13 bits per heavy atom. The Balaban J connectivity index is 1.78. The zero-order chi connectivity index (χ0) is 21.4. The van der Waals surface area contributed by atoms with Gasteiger partial charge in [0.25, 0.3) is 0 Å². The number of rotatable bonds is 4. The van der Waals surface area contributed by atoms with Crippen LogP contribution in [0.25, 0.3) is 44.3 Å². The Labute approximate surface area is 183 Å². The number of ether oxygens (including phenoxy) is 1. The number of hydrogen-bond donors (Lipinski definition) is 1. The second-order valence-electron chi connectivity index (χ2n) is 7.04. The molecule has 5 nitrogen and oxygen atoms in total. The molecule has 0 aliphatic carbocycles. The zero-order valence-corrected chi connectivity index (χ0v) is 17.9. The van der Waals surface area contributed by atoms with Crippen molar-refractivity contribution >= 4 is 33.3 Å². The summed E-state index contributed by atoms with van der Waals surface area (Å²) in [4.78, 5) is 14.0. The van der Waals surface area contributed by atoms with Gasteiger partial charge in [0.15, 0.2) is 16.8 Å². The van der Waals surface area contributed by atoms with Crippen LogP contribution in [0.2, 0.25) is 0 Å². The van der Waals surface area contributed by atoms with Crippen molar-refractivity contribution in [3.8, 4) is 34.3 Å². The van der Waals surface area contributed by atoms with Gasteiger partial charge in [0.1, 0.15) is 11.5 Å². The monoisotopic (exact) mass is 425 g/mol. The molecule has 0 atom stereocenters. The molecule has 31 heavy (non-hydrogen) atoms. The van der Waals surface area contributed by atoms with Crippen LogP contribution in [-0.4, -0.2) is 33.4 Å². The predicted molar refractivity (Wildman–Crippen MR) is 126 cm³/mol. The minimum absolute atomic E-state index is 0.0620. The third-order valence-electron chi connectivity index (χ3n) is 5.25. The summed E-state index contributed by atoms with van der Waals surface area (Å²) >= 11 is 1.44. The molecule has 1 aromatic heterocycles. The first-order valence-corrected chi connectivity index (χ1v) is 11.0. The molecule has 0 radical (unpaired) electrons. The van der Waals surface area contributed by atoms with Crippen LogP contribution in [0.15, 0.2) is 78.0 Å². The maximum absolute atomic E-state index is 10.5. The van der Waals surface area contributed by atoms with E-state index in [1.807, 2.05) is 30.5 Å². The lowest BCUT2D eigenvalue weighted by Gasteiger charge is -2.12. The van der Waals surface area contributed by atoms with E-state index in [0.29, 0.717) is 28.1 Å². The van der Waals surface area contributed by atoms with E-state index in [1.54, 1.807) is 25.3 Å². The van der Waals surface area contributed by atoms with Crippen molar-refractivity contribution in [2.24, 2.45) is 0 Å². The number of thioether (sulfide) groups is 1. The van der Waals surface area contributed by atoms with Gasteiger partial charge in [-0.05, 0) is 46.0 Å². The summed E-state index contributed by atoms with van der Waals surface area (Å²) in [6.45, 7) is 0. The lowest BCUT2D eigenvalue weighted by atomic mass is 9.97. The van der Waals surface area contributed by atoms with Crippen molar-refractivity contribution < 1.29 is 9.84 Å². The molecule has 0 aliphatic heterocycles. The molecule has 0 spiro atoms. The molecule has 6 heteroatoms. The number of phenols is 1. The quantitative estimate of drug-likeness (QED) is 0.284. The largest absolute Gasteiger partial charge is 0.507 e. The van der Waals surface area contributed by atoms with E-state index < -0.39 is 0 Å². The summed E-state index contributed by atoms with van der Waals surface area (Å²) in [6.07, 6.45) is 1.93. The highest BCUT2D eigenvalue weighted by molar-refractivity contribution is 7.98. The molecule has 5 rings (SSSR count). The first-order chi connectivity index (χ1) is 15.2. The molecule has 0 fully saturated rings. The number of aromatic hydroxyl groups is 1. The Morgan fingerprint density at radius 2 is 1.42 bits per heavy atom. The zero-order valence-electron chi connectivity index (χ0n) is 17.0. The first-order valence-electron chi connectivity index (χ1n) is 9.76. The van der Waals surface area contributed by atoms with Gasteiger partial charge < -0.3 is 9.84 Å². The van der Waals surface area contributed by atoms with Gasteiger partial charge in [-0.25, -0.2) is 15.0 Å². The highest BCUT2D eigenvalue weighted by Gasteiger charge is 2.16. The Kier molecular flexibility index (Phi) is 4.92. The van der Waals surface area contributed by atoms with Crippen molar-refractivity contribution in [1.29, 1.82) is 0 Å². The van der Waals surface area contributed by atoms with Crippen molar-refractivity contribution in [3.63, 3.8) is 0 Å².